The normalized spacial score (nSPS) is 24.6. The van der Waals surface area contributed by atoms with E-state index in [-0.39, 0.29) is 11.7 Å². The second-order valence-electron chi connectivity index (χ2n) is 7.94. The van der Waals surface area contributed by atoms with Gasteiger partial charge in [-0.25, -0.2) is 4.98 Å². The summed E-state index contributed by atoms with van der Waals surface area (Å²) >= 11 is 0. The summed E-state index contributed by atoms with van der Waals surface area (Å²) in [6, 6.07) is 3.63. The molecule has 6 heteroatoms. The van der Waals surface area contributed by atoms with Gasteiger partial charge in [-0.1, -0.05) is 13.8 Å². The maximum Gasteiger partial charge on any atom is 0.236 e. The highest BCUT2D eigenvalue weighted by molar-refractivity contribution is 5.98. The quantitative estimate of drug-likeness (QED) is 0.770. The predicted octanol–water partition coefficient (Wildman–Crippen LogP) is 1.91. The molecule has 2 aliphatic rings. The van der Waals surface area contributed by atoms with Gasteiger partial charge < -0.3 is 9.80 Å². The number of hydrogen-bond donors (Lipinski definition) is 0. The lowest BCUT2D eigenvalue weighted by atomic mass is 9.92. The Morgan fingerprint density at radius 3 is 2.38 bits per heavy atom. The van der Waals surface area contributed by atoms with Crippen LogP contribution in [-0.4, -0.2) is 72.3 Å². The third-order valence-corrected chi connectivity index (χ3v) is 5.42. The van der Waals surface area contributed by atoms with Crippen molar-refractivity contribution >= 4 is 17.5 Å². The highest BCUT2D eigenvalue weighted by Crippen LogP contribution is 2.22. The average Bonchev–Trinajstić information content (AvgIpc) is 2.61. The van der Waals surface area contributed by atoms with E-state index in [0.29, 0.717) is 23.9 Å². The molecule has 1 amide bonds. The van der Waals surface area contributed by atoms with Crippen LogP contribution in [0.5, 0.6) is 0 Å². The van der Waals surface area contributed by atoms with E-state index in [1.807, 2.05) is 11.0 Å². The molecule has 2 aliphatic heterocycles. The number of amides is 1. The third-order valence-electron chi connectivity index (χ3n) is 5.42. The Morgan fingerprint density at radius 2 is 1.77 bits per heavy atom. The molecule has 1 aromatic heterocycles. The monoisotopic (exact) mass is 358 g/mol. The van der Waals surface area contributed by atoms with Gasteiger partial charge in [-0.3, -0.25) is 14.5 Å². The molecule has 3 rings (SSSR count). The van der Waals surface area contributed by atoms with Gasteiger partial charge in [0.05, 0.1) is 12.1 Å². The third kappa shape index (κ3) is 4.41. The molecule has 2 atom stereocenters. The van der Waals surface area contributed by atoms with E-state index in [2.05, 4.69) is 28.6 Å². The van der Waals surface area contributed by atoms with Crippen molar-refractivity contribution in [2.24, 2.45) is 11.8 Å². The van der Waals surface area contributed by atoms with Gasteiger partial charge in [0, 0.05) is 45.5 Å². The lowest BCUT2D eigenvalue weighted by molar-refractivity contribution is -0.135. The number of piperidine rings is 1. The summed E-state index contributed by atoms with van der Waals surface area (Å²) in [5, 5.41) is 0. The van der Waals surface area contributed by atoms with Gasteiger partial charge in [-0.05, 0) is 37.3 Å². The number of hydrogen-bond acceptors (Lipinski definition) is 5. The highest BCUT2D eigenvalue weighted by atomic mass is 16.2. The Morgan fingerprint density at radius 1 is 1.12 bits per heavy atom. The number of piperazine rings is 1. The zero-order valence-electron chi connectivity index (χ0n) is 16.1. The molecule has 1 aromatic rings. The molecule has 0 aliphatic carbocycles. The van der Waals surface area contributed by atoms with Crippen LogP contribution in [0.15, 0.2) is 18.3 Å². The molecule has 0 N–H and O–H groups in total. The minimum Gasteiger partial charge on any atom is -0.353 e. The Kier molecular flexibility index (Phi) is 5.91. The van der Waals surface area contributed by atoms with Gasteiger partial charge in [-0.15, -0.1) is 0 Å². The molecule has 6 nitrogen and oxygen atoms in total. The van der Waals surface area contributed by atoms with Crippen molar-refractivity contribution in [1.29, 1.82) is 0 Å². The van der Waals surface area contributed by atoms with Crippen molar-refractivity contribution in [3.8, 4) is 0 Å². The van der Waals surface area contributed by atoms with Crippen LogP contribution in [0.25, 0.3) is 0 Å². The molecule has 0 radical (unpaired) electrons. The van der Waals surface area contributed by atoms with Gasteiger partial charge in [0.25, 0.3) is 0 Å². The summed E-state index contributed by atoms with van der Waals surface area (Å²) < 4.78 is 0. The maximum absolute atomic E-state index is 12.7. The SMILES string of the molecule is CC(=O)c1cccnc1N1CCN(CC(=O)N2C[C@@H](C)C[C@H](C)C2)CC1. The number of carbonyl (C=O) groups is 2. The summed E-state index contributed by atoms with van der Waals surface area (Å²) in [6.07, 6.45) is 2.95. The first-order chi connectivity index (χ1) is 12.4. The van der Waals surface area contributed by atoms with Crippen molar-refractivity contribution in [2.45, 2.75) is 27.2 Å². The molecule has 0 spiro atoms. The number of aromatic nitrogens is 1. The largest absolute Gasteiger partial charge is 0.353 e. The van der Waals surface area contributed by atoms with Crippen LogP contribution in [0.1, 0.15) is 37.6 Å². The first-order valence-electron chi connectivity index (χ1n) is 9.65. The Hall–Kier alpha value is -1.95. The smallest absolute Gasteiger partial charge is 0.236 e. The first kappa shape index (κ1) is 18.8. The van der Waals surface area contributed by atoms with E-state index in [1.54, 1.807) is 19.2 Å². The van der Waals surface area contributed by atoms with Crippen molar-refractivity contribution in [2.75, 3.05) is 50.7 Å². The van der Waals surface area contributed by atoms with Crippen LogP contribution >= 0.6 is 0 Å². The van der Waals surface area contributed by atoms with Crippen LogP contribution < -0.4 is 4.90 Å². The molecule has 3 heterocycles. The zero-order valence-corrected chi connectivity index (χ0v) is 16.1. The molecule has 2 fully saturated rings. The van der Waals surface area contributed by atoms with Crippen molar-refractivity contribution in [1.82, 2.24) is 14.8 Å². The molecule has 0 bridgehead atoms. The van der Waals surface area contributed by atoms with E-state index < -0.39 is 0 Å². The van der Waals surface area contributed by atoms with Crippen LogP contribution in [0.4, 0.5) is 5.82 Å². The molecule has 142 valence electrons. The summed E-state index contributed by atoms with van der Waals surface area (Å²) in [7, 11) is 0. The molecule has 0 aromatic carbocycles. The Bertz CT molecular complexity index is 645. The molecular formula is C20H30N4O2. The van der Waals surface area contributed by atoms with Gasteiger partial charge in [0.2, 0.25) is 5.91 Å². The number of pyridine rings is 1. The van der Waals surface area contributed by atoms with Gasteiger partial charge in [0.15, 0.2) is 5.78 Å². The van der Waals surface area contributed by atoms with E-state index in [1.165, 1.54) is 6.42 Å². The fraction of sp³-hybridized carbons (Fsp3) is 0.650. The lowest BCUT2D eigenvalue weighted by Gasteiger charge is -2.39. The number of nitrogens with zero attached hydrogens (tertiary/aromatic N) is 4. The fourth-order valence-electron chi connectivity index (χ4n) is 4.20. The topological polar surface area (TPSA) is 56.8 Å². The van der Waals surface area contributed by atoms with E-state index >= 15 is 0 Å². The Balaban J connectivity index is 1.54. The molecule has 2 saturated heterocycles. The number of ketones is 1. The van der Waals surface area contributed by atoms with Gasteiger partial charge in [0.1, 0.15) is 5.82 Å². The molecular weight excluding hydrogens is 328 g/mol. The maximum atomic E-state index is 12.7. The van der Waals surface area contributed by atoms with Crippen molar-refractivity contribution in [3.05, 3.63) is 23.9 Å². The zero-order chi connectivity index (χ0) is 18.7. The van der Waals surface area contributed by atoms with E-state index in [4.69, 9.17) is 0 Å². The number of rotatable bonds is 4. The highest BCUT2D eigenvalue weighted by Gasteiger charge is 2.28. The van der Waals surface area contributed by atoms with Crippen LogP contribution in [0, 0.1) is 11.8 Å². The summed E-state index contributed by atoms with van der Waals surface area (Å²) in [5.41, 5.74) is 0.674. The fourth-order valence-corrected chi connectivity index (χ4v) is 4.20. The lowest BCUT2D eigenvalue weighted by Crippen LogP contribution is -2.52. The standard InChI is InChI=1S/C20H30N4O2/c1-15-11-16(2)13-24(12-15)19(26)14-22-7-9-23(10-8-22)20-18(17(3)25)5-4-6-21-20/h4-6,15-16H,7-14H2,1-3H3/t15-,16-/m0/s1. The van der Waals surface area contributed by atoms with Crippen LogP contribution in [-0.2, 0) is 4.79 Å². The molecule has 26 heavy (non-hydrogen) atoms. The second-order valence-corrected chi connectivity index (χ2v) is 7.94. The van der Waals surface area contributed by atoms with Crippen molar-refractivity contribution < 1.29 is 9.59 Å². The molecule has 0 unspecified atom stereocenters. The van der Waals surface area contributed by atoms with Gasteiger partial charge in [-0.2, -0.15) is 0 Å². The van der Waals surface area contributed by atoms with Crippen LogP contribution in [0.3, 0.4) is 0 Å². The van der Waals surface area contributed by atoms with E-state index in [9.17, 15) is 9.59 Å². The average molecular weight is 358 g/mol. The molecule has 0 saturated carbocycles. The number of carbonyl (C=O) groups excluding carboxylic acids is 2. The van der Waals surface area contributed by atoms with E-state index in [0.717, 1.165) is 45.1 Å². The minimum atomic E-state index is 0.0408. The van der Waals surface area contributed by atoms with Crippen LogP contribution in [0.2, 0.25) is 0 Å². The summed E-state index contributed by atoms with van der Waals surface area (Å²) in [4.78, 5) is 35.3. The summed E-state index contributed by atoms with van der Waals surface area (Å²) in [5.74, 6) is 2.24. The predicted molar refractivity (Wildman–Crippen MR) is 102 cm³/mol. The second kappa shape index (κ2) is 8.16. The Labute approximate surface area is 156 Å². The first-order valence-corrected chi connectivity index (χ1v) is 9.65. The number of anilines is 1. The number of likely N-dealkylation sites (tertiary alicyclic amines) is 1. The van der Waals surface area contributed by atoms with Crippen molar-refractivity contribution in [3.63, 3.8) is 0 Å². The number of Topliss-reactive ketones (excluding diaryl/α,β-unsaturated/α-hetero) is 1. The minimum absolute atomic E-state index is 0.0408. The van der Waals surface area contributed by atoms with Gasteiger partial charge >= 0.3 is 0 Å². The summed E-state index contributed by atoms with van der Waals surface area (Å²) in [6.45, 7) is 11.5.